The maximum absolute atomic E-state index is 12.0. The molecule has 5 nitrogen and oxygen atoms in total. The molecule has 7 heteroatoms. The number of hydrogen-bond donors (Lipinski definition) is 2. The van der Waals surface area contributed by atoms with Gasteiger partial charge in [-0.25, -0.2) is 4.98 Å². The van der Waals surface area contributed by atoms with Crippen molar-refractivity contribution in [3.05, 3.63) is 37.1 Å². The highest BCUT2D eigenvalue weighted by molar-refractivity contribution is 9.11. The van der Waals surface area contributed by atoms with E-state index < -0.39 is 0 Å². The van der Waals surface area contributed by atoms with Crippen LogP contribution >= 0.6 is 31.9 Å². The number of aromatic nitrogens is 3. The van der Waals surface area contributed by atoms with Crippen molar-refractivity contribution in [1.82, 2.24) is 15.0 Å². The van der Waals surface area contributed by atoms with Gasteiger partial charge in [0.2, 0.25) is 0 Å². The van der Waals surface area contributed by atoms with Gasteiger partial charge in [-0.15, -0.1) is 0 Å². The normalized spacial score (nSPS) is 11.0. The second-order valence-electron chi connectivity index (χ2n) is 4.35. The Hall–Kier alpha value is -1.21. The van der Waals surface area contributed by atoms with Crippen LogP contribution in [-0.4, -0.2) is 15.0 Å². The summed E-state index contributed by atoms with van der Waals surface area (Å²) in [5, 5.41) is 0. The van der Waals surface area contributed by atoms with Gasteiger partial charge in [0.25, 0.3) is 5.56 Å². The summed E-state index contributed by atoms with van der Waals surface area (Å²) < 4.78 is 1.55. The molecule has 0 aromatic carbocycles. The van der Waals surface area contributed by atoms with Crippen molar-refractivity contribution in [3.63, 3.8) is 0 Å². The monoisotopic (exact) mass is 386 g/mol. The van der Waals surface area contributed by atoms with Gasteiger partial charge in [0.15, 0.2) is 5.82 Å². The molecular weight excluding hydrogens is 376 g/mol. The number of rotatable bonds is 2. The average Bonchev–Trinajstić information content (AvgIpc) is 2.26. The third kappa shape index (κ3) is 2.87. The molecule has 0 saturated carbocycles. The lowest BCUT2D eigenvalue weighted by Crippen LogP contribution is -2.19. The molecule has 0 unspecified atom stereocenters. The Bertz CT molecular complexity index is 682. The van der Waals surface area contributed by atoms with Gasteiger partial charge in [-0.05, 0) is 43.8 Å². The van der Waals surface area contributed by atoms with E-state index in [1.54, 1.807) is 6.20 Å². The summed E-state index contributed by atoms with van der Waals surface area (Å²) in [6, 6.07) is 1.83. The summed E-state index contributed by atoms with van der Waals surface area (Å²) in [6.45, 7) is 3.80. The number of anilines is 1. The fourth-order valence-corrected chi connectivity index (χ4v) is 2.93. The van der Waals surface area contributed by atoms with Gasteiger partial charge in [-0.2, -0.15) is 0 Å². The first kappa shape index (κ1) is 14.2. The van der Waals surface area contributed by atoms with Gasteiger partial charge in [-0.1, -0.05) is 13.8 Å². The summed E-state index contributed by atoms with van der Waals surface area (Å²) in [4.78, 5) is 23.2. The first-order chi connectivity index (χ1) is 8.90. The van der Waals surface area contributed by atoms with Crippen LogP contribution in [0.15, 0.2) is 26.0 Å². The first-order valence-electron chi connectivity index (χ1n) is 5.61. The van der Waals surface area contributed by atoms with Crippen LogP contribution in [0.2, 0.25) is 0 Å². The summed E-state index contributed by atoms with van der Waals surface area (Å²) in [6.07, 6.45) is 1.63. The highest BCUT2D eigenvalue weighted by atomic mass is 79.9. The highest BCUT2D eigenvalue weighted by Crippen LogP contribution is 2.27. The van der Waals surface area contributed by atoms with Gasteiger partial charge in [0.1, 0.15) is 11.5 Å². The second-order valence-corrected chi connectivity index (χ2v) is 6.12. The van der Waals surface area contributed by atoms with Gasteiger partial charge in [0, 0.05) is 15.1 Å². The first-order valence-corrected chi connectivity index (χ1v) is 7.20. The maximum atomic E-state index is 12.0. The predicted octanol–water partition coefficient (Wildman–Crippen LogP) is 3.06. The molecule has 3 N–H and O–H groups in total. The molecule has 0 saturated heterocycles. The molecule has 0 radical (unpaired) electrons. The number of nitrogens with zero attached hydrogens (tertiary/aromatic N) is 2. The van der Waals surface area contributed by atoms with E-state index >= 15 is 0 Å². The molecule has 0 spiro atoms. The van der Waals surface area contributed by atoms with Crippen molar-refractivity contribution in [3.8, 4) is 11.5 Å². The third-order valence-electron chi connectivity index (χ3n) is 2.59. The minimum absolute atomic E-state index is 0.0200. The number of hydrogen-bond acceptors (Lipinski definition) is 4. The van der Waals surface area contributed by atoms with Crippen LogP contribution in [0.3, 0.4) is 0 Å². The molecule has 0 atom stereocenters. The third-order valence-corrected chi connectivity index (χ3v) is 3.63. The van der Waals surface area contributed by atoms with Crippen LogP contribution in [0.4, 0.5) is 5.82 Å². The largest absolute Gasteiger partial charge is 0.383 e. The van der Waals surface area contributed by atoms with E-state index in [-0.39, 0.29) is 17.3 Å². The average molecular weight is 388 g/mol. The Labute approximate surface area is 126 Å². The fourth-order valence-electron chi connectivity index (χ4n) is 1.76. The number of H-pyrrole nitrogens is 1. The van der Waals surface area contributed by atoms with Gasteiger partial charge in [0.05, 0.1) is 5.56 Å². The number of nitrogens with one attached hydrogen (secondary N) is 1. The topological polar surface area (TPSA) is 84.7 Å². The molecule has 2 rings (SSSR count). The SMILES string of the molecule is CC(C)c1c(N)nc(-c2ncc(Br)cc2Br)[nH]c1=O. The summed E-state index contributed by atoms with van der Waals surface area (Å²) in [7, 11) is 0. The molecule has 0 fully saturated rings. The number of pyridine rings is 1. The minimum Gasteiger partial charge on any atom is -0.383 e. The molecule has 2 aromatic rings. The Balaban J connectivity index is 2.62. The zero-order valence-electron chi connectivity index (χ0n) is 10.4. The van der Waals surface area contributed by atoms with Crippen molar-refractivity contribution < 1.29 is 0 Å². The van der Waals surface area contributed by atoms with Gasteiger partial charge < -0.3 is 10.7 Å². The molecule has 19 heavy (non-hydrogen) atoms. The molecular formula is C12H12Br2N4O. The Morgan fingerprint density at radius 1 is 1.37 bits per heavy atom. The summed E-state index contributed by atoms with van der Waals surface area (Å²) in [5.74, 6) is 0.614. The number of nitrogens with two attached hydrogens (primary N) is 1. The molecule has 0 aliphatic heterocycles. The number of nitrogen functional groups attached to an aromatic ring is 1. The van der Waals surface area contributed by atoms with E-state index in [1.165, 1.54) is 0 Å². The van der Waals surface area contributed by atoms with Crippen molar-refractivity contribution in [2.75, 3.05) is 5.73 Å². The molecule has 0 bridgehead atoms. The zero-order chi connectivity index (χ0) is 14.2. The molecule has 2 aromatic heterocycles. The quantitative estimate of drug-likeness (QED) is 0.829. The predicted molar refractivity (Wildman–Crippen MR) is 82.0 cm³/mol. The standard InChI is InChI=1S/C12H12Br2N4O/c1-5(2)8-10(15)17-11(18-12(8)19)9-7(14)3-6(13)4-16-9/h3-5H,1-2H3,(H3,15,17,18,19). The number of aromatic amines is 1. The van der Waals surface area contributed by atoms with Crippen molar-refractivity contribution in [1.29, 1.82) is 0 Å². The van der Waals surface area contributed by atoms with Crippen LogP contribution in [0, 0.1) is 0 Å². The Morgan fingerprint density at radius 2 is 2.05 bits per heavy atom. The molecule has 2 heterocycles. The van der Waals surface area contributed by atoms with Crippen molar-refractivity contribution in [2.45, 2.75) is 19.8 Å². The van der Waals surface area contributed by atoms with E-state index in [1.807, 2.05) is 19.9 Å². The van der Waals surface area contributed by atoms with Crippen molar-refractivity contribution in [2.24, 2.45) is 0 Å². The van der Waals surface area contributed by atoms with Crippen LogP contribution in [0.5, 0.6) is 0 Å². The lowest BCUT2D eigenvalue weighted by Gasteiger charge is -2.09. The minimum atomic E-state index is -0.228. The van der Waals surface area contributed by atoms with Crippen molar-refractivity contribution >= 4 is 37.7 Å². The molecule has 0 amide bonds. The lowest BCUT2D eigenvalue weighted by atomic mass is 10.1. The van der Waals surface area contributed by atoms with E-state index in [4.69, 9.17) is 5.73 Å². The fraction of sp³-hybridized carbons (Fsp3) is 0.250. The van der Waals surface area contributed by atoms with E-state index in [9.17, 15) is 4.79 Å². The van der Waals surface area contributed by atoms with Crippen LogP contribution < -0.4 is 11.3 Å². The van der Waals surface area contributed by atoms with Crippen LogP contribution in [0.25, 0.3) is 11.5 Å². The number of halogens is 2. The van der Waals surface area contributed by atoms with Gasteiger partial charge >= 0.3 is 0 Å². The van der Waals surface area contributed by atoms with E-state index in [2.05, 4.69) is 46.8 Å². The van der Waals surface area contributed by atoms with Crippen LogP contribution in [0.1, 0.15) is 25.3 Å². The lowest BCUT2D eigenvalue weighted by molar-refractivity contribution is 0.836. The Morgan fingerprint density at radius 3 is 2.58 bits per heavy atom. The zero-order valence-corrected chi connectivity index (χ0v) is 13.5. The maximum Gasteiger partial charge on any atom is 0.256 e. The smallest absolute Gasteiger partial charge is 0.256 e. The summed E-state index contributed by atoms with van der Waals surface area (Å²) in [5.41, 5.74) is 6.67. The van der Waals surface area contributed by atoms with E-state index in [0.29, 0.717) is 17.1 Å². The molecule has 100 valence electrons. The molecule has 0 aliphatic rings. The Kier molecular flexibility index (Phi) is 4.05. The summed E-state index contributed by atoms with van der Waals surface area (Å²) >= 11 is 6.70. The highest BCUT2D eigenvalue weighted by Gasteiger charge is 2.15. The second kappa shape index (κ2) is 5.42. The molecule has 0 aliphatic carbocycles. The van der Waals surface area contributed by atoms with E-state index in [0.717, 1.165) is 8.95 Å². The van der Waals surface area contributed by atoms with Gasteiger partial charge in [-0.3, -0.25) is 9.78 Å². The van der Waals surface area contributed by atoms with Crippen LogP contribution in [-0.2, 0) is 0 Å².